The SMILES string of the molecule is C/C=C(\C=C/CC)COC(=O)CN.CCl. The van der Waals surface area contributed by atoms with Gasteiger partial charge in [0, 0.05) is 6.38 Å². The summed E-state index contributed by atoms with van der Waals surface area (Å²) in [7, 11) is 0. The third kappa shape index (κ3) is 11.1. The number of ether oxygens (including phenoxy) is 1. The number of rotatable bonds is 5. The predicted octanol–water partition coefficient (Wildman–Crippen LogP) is 2.26. The molecule has 0 aromatic heterocycles. The van der Waals surface area contributed by atoms with Crippen LogP contribution in [0.1, 0.15) is 20.3 Å². The molecule has 3 nitrogen and oxygen atoms in total. The monoisotopic (exact) mass is 233 g/mol. The molecule has 0 aromatic rings. The van der Waals surface area contributed by atoms with Crippen LogP contribution in [0.4, 0.5) is 0 Å². The number of alkyl halides is 1. The average molecular weight is 234 g/mol. The molecule has 0 spiro atoms. The van der Waals surface area contributed by atoms with Crippen LogP contribution in [0.5, 0.6) is 0 Å². The van der Waals surface area contributed by atoms with Crippen molar-refractivity contribution in [2.45, 2.75) is 20.3 Å². The molecule has 0 bridgehead atoms. The fourth-order valence-electron chi connectivity index (χ4n) is 0.720. The number of allylic oxidation sites excluding steroid dienone is 2. The summed E-state index contributed by atoms with van der Waals surface area (Å²) in [5.74, 6) is -0.371. The lowest BCUT2D eigenvalue weighted by atomic mass is 10.2. The summed E-state index contributed by atoms with van der Waals surface area (Å²) < 4.78 is 4.86. The molecule has 0 amide bonds. The van der Waals surface area contributed by atoms with E-state index in [0.717, 1.165) is 12.0 Å². The minimum absolute atomic E-state index is 0.0610. The maximum absolute atomic E-state index is 10.7. The Morgan fingerprint density at radius 3 is 2.47 bits per heavy atom. The van der Waals surface area contributed by atoms with Crippen molar-refractivity contribution in [3.05, 3.63) is 23.8 Å². The molecular formula is C11H20ClNO2. The molecular weight excluding hydrogens is 214 g/mol. The molecule has 0 unspecified atom stereocenters. The Kier molecular flexibility index (Phi) is 14.6. The molecule has 4 heteroatoms. The van der Waals surface area contributed by atoms with E-state index in [1.807, 2.05) is 25.2 Å². The lowest BCUT2D eigenvalue weighted by molar-refractivity contribution is -0.140. The summed E-state index contributed by atoms with van der Waals surface area (Å²) >= 11 is 4.64. The first-order valence-corrected chi connectivity index (χ1v) is 5.55. The first-order valence-electron chi connectivity index (χ1n) is 4.79. The van der Waals surface area contributed by atoms with Crippen molar-refractivity contribution < 1.29 is 9.53 Å². The maximum atomic E-state index is 10.7. The Morgan fingerprint density at radius 1 is 1.47 bits per heavy atom. The quantitative estimate of drug-likeness (QED) is 0.450. The molecule has 0 heterocycles. The molecule has 0 aliphatic heterocycles. The van der Waals surface area contributed by atoms with Crippen molar-refractivity contribution in [1.29, 1.82) is 0 Å². The van der Waals surface area contributed by atoms with E-state index >= 15 is 0 Å². The maximum Gasteiger partial charge on any atom is 0.320 e. The van der Waals surface area contributed by atoms with Crippen LogP contribution in [0.3, 0.4) is 0 Å². The van der Waals surface area contributed by atoms with Gasteiger partial charge in [0.15, 0.2) is 0 Å². The van der Waals surface area contributed by atoms with Gasteiger partial charge in [-0.2, -0.15) is 0 Å². The van der Waals surface area contributed by atoms with Crippen molar-refractivity contribution in [2.75, 3.05) is 19.5 Å². The summed E-state index contributed by atoms with van der Waals surface area (Å²) in [5.41, 5.74) is 6.08. The topological polar surface area (TPSA) is 52.3 Å². The van der Waals surface area contributed by atoms with Crippen LogP contribution in [0, 0.1) is 0 Å². The zero-order chi connectivity index (χ0) is 12.1. The Bertz CT molecular complexity index is 213. The first kappa shape index (κ1) is 16.6. The van der Waals surface area contributed by atoms with Crippen LogP contribution in [0.2, 0.25) is 0 Å². The van der Waals surface area contributed by atoms with Crippen LogP contribution in [0.15, 0.2) is 23.8 Å². The minimum atomic E-state index is -0.371. The zero-order valence-electron chi connectivity index (χ0n) is 9.63. The fourth-order valence-corrected chi connectivity index (χ4v) is 0.720. The lowest BCUT2D eigenvalue weighted by Crippen LogP contribution is -2.17. The molecule has 0 aliphatic carbocycles. The van der Waals surface area contributed by atoms with Gasteiger partial charge in [0.25, 0.3) is 0 Å². The molecule has 2 N–H and O–H groups in total. The molecule has 0 atom stereocenters. The second-order valence-electron chi connectivity index (χ2n) is 2.54. The van der Waals surface area contributed by atoms with Crippen LogP contribution in [-0.2, 0) is 9.53 Å². The van der Waals surface area contributed by atoms with E-state index in [0.29, 0.717) is 6.61 Å². The highest BCUT2D eigenvalue weighted by atomic mass is 35.5. The summed E-state index contributed by atoms with van der Waals surface area (Å²) in [6.45, 7) is 4.21. The van der Waals surface area contributed by atoms with Crippen LogP contribution >= 0.6 is 11.6 Å². The largest absolute Gasteiger partial charge is 0.460 e. The lowest BCUT2D eigenvalue weighted by Gasteiger charge is -2.02. The van der Waals surface area contributed by atoms with E-state index < -0.39 is 0 Å². The van der Waals surface area contributed by atoms with Crippen molar-refractivity contribution in [2.24, 2.45) is 5.73 Å². The molecule has 0 aliphatic rings. The third-order valence-electron chi connectivity index (χ3n) is 1.50. The standard InChI is InChI=1S/C10H17NO2.CH3Cl/c1-3-5-6-9(4-2)8-13-10(12)7-11;1-2/h4-6H,3,7-8,11H2,1-2H3;1H3/b6-5-,9-4+;. The van der Waals surface area contributed by atoms with Gasteiger partial charge in [-0.15, -0.1) is 11.6 Å². The summed E-state index contributed by atoms with van der Waals surface area (Å²) in [4.78, 5) is 10.7. The summed E-state index contributed by atoms with van der Waals surface area (Å²) in [5, 5.41) is 0. The molecule has 0 fully saturated rings. The summed E-state index contributed by atoms with van der Waals surface area (Å²) in [6, 6.07) is 0. The number of carbonyl (C=O) groups is 1. The van der Waals surface area contributed by atoms with E-state index in [2.05, 4.69) is 18.5 Å². The van der Waals surface area contributed by atoms with E-state index in [-0.39, 0.29) is 12.5 Å². The van der Waals surface area contributed by atoms with Gasteiger partial charge < -0.3 is 10.5 Å². The van der Waals surface area contributed by atoms with Gasteiger partial charge in [-0.1, -0.05) is 25.2 Å². The molecule has 15 heavy (non-hydrogen) atoms. The van der Waals surface area contributed by atoms with Crippen molar-refractivity contribution >= 4 is 17.6 Å². The molecule has 0 aromatic carbocycles. The highest BCUT2D eigenvalue weighted by molar-refractivity contribution is 6.15. The fraction of sp³-hybridized carbons (Fsp3) is 0.545. The van der Waals surface area contributed by atoms with Gasteiger partial charge in [0.1, 0.15) is 6.61 Å². The normalized spacial score (nSPS) is 10.9. The smallest absolute Gasteiger partial charge is 0.320 e. The Morgan fingerprint density at radius 2 is 2.07 bits per heavy atom. The molecule has 0 radical (unpaired) electrons. The zero-order valence-corrected chi connectivity index (χ0v) is 10.4. The molecule has 0 rings (SSSR count). The Labute approximate surface area is 96.9 Å². The van der Waals surface area contributed by atoms with Crippen LogP contribution in [0.25, 0.3) is 0 Å². The van der Waals surface area contributed by atoms with Gasteiger partial charge in [-0.3, -0.25) is 4.79 Å². The van der Waals surface area contributed by atoms with E-state index in [9.17, 15) is 4.79 Å². The van der Waals surface area contributed by atoms with Crippen molar-refractivity contribution in [3.8, 4) is 0 Å². The second-order valence-corrected chi connectivity index (χ2v) is 2.54. The number of halogens is 1. The van der Waals surface area contributed by atoms with Gasteiger partial charge in [-0.25, -0.2) is 0 Å². The van der Waals surface area contributed by atoms with E-state index in [4.69, 9.17) is 10.5 Å². The van der Waals surface area contributed by atoms with Gasteiger partial charge in [-0.05, 0) is 18.9 Å². The van der Waals surface area contributed by atoms with Gasteiger partial charge in [0.2, 0.25) is 0 Å². The van der Waals surface area contributed by atoms with Crippen molar-refractivity contribution in [3.63, 3.8) is 0 Å². The van der Waals surface area contributed by atoms with E-state index in [1.165, 1.54) is 6.38 Å². The number of nitrogens with two attached hydrogens (primary N) is 1. The summed E-state index contributed by atoms with van der Waals surface area (Å²) in [6.07, 6.45) is 8.33. The molecule has 0 saturated heterocycles. The van der Waals surface area contributed by atoms with Crippen LogP contribution < -0.4 is 5.73 Å². The number of hydrogen-bond acceptors (Lipinski definition) is 3. The Hall–Kier alpha value is -0.800. The highest BCUT2D eigenvalue weighted by Crippen LogP contribution is 1.98. The van der Waals surface area contributed by atoms with Gasteiger partial charge >= 0.3 is 5.97 Å². The third-order valence-corrected chi connectivity index (χ3v) is 1.50. The molecule has 0 saturated carbocycles. The Balaban J connectivity index is 0. The second kappa shape index (κ2) is 13.2. The first-order chi connectivity index (χ1) is 7.24. The highest BCUT2D eigenvalue weighted by Gasteiger charge is 1.98. The minimum Gasteiger partial charge on any atom is -0.460 e. The molecule has 88 valence electrons. The predicted molar refractivity (Wildman–Crippen MR) is 65.0 cm³/mol. The van der Waals surface area contributed by atoms with Gasteiger partial charge in [0.05, 0.1) is 6.54 Å². The number of hydrogen-bond donors (Lipinski definition) is 1. The average Bonchev–Trinajstić information content (AvgIpc) is 2.31. The number of esters is 1. The van der Waals surface area contributed by atoms with Crippen LogP contribution in [-0.4, -0.2) is 25.5 Å². The number of carbonyl (C=O) groups excluding carboxylic acids is 1. The van der Waals surface area contributed by atoms with Crippen molar-refractivity contribution in [1.82, 2.24) is 0 Å². The van der Waals surface area contributed by atoms with E-state index in [1.54, 1.807) is 0 Å².